The van der Waals surface area contributed by atoms with E-state index in [9.17, 15) is 9.59 Å². The molecule has 4 heteroatoms. The molecule has 0 aliphatic heterocycles. The van der Waals surface area contributed by atoms with Gasteiger partial charge in [-0.15, -0.1) is 0 Å². The van der Waals surface area contributed by atoms with Crippen LogP contribution in [-0.2, 0) is 20.7 Å². The lowest BCUT2D eigenvalue weighted by molar-refractivity contribution is -0.146. The van der Waals surface area contributed by atoms with E-state index in [2.05, 4.69) is 5.32 Å². The maximum Gasteiger partial charge on any atom is 0.328 e. The highest BCUT2D eigenvalue weighted by Crippen LogP contribution is 2.04. The van der Waals surface area contributed by atoms with E-state index in [4.69, 9.17) is 4.74 Å². The van der Waals surface area contributed by atoms with Crippen LogP contribution in [-0.4, -0.2) is 24.5 Å². The average Bonchev–Trinajstić information content (AvgIpc) is 2.40. The zero-order chi connectivity index (χ0) is 14.1. The molecule has 0 aromatic heterocycles. The smallest absolute Gasteiger partial charge is 0.328 e. The summed E-state index contributed by atoms with van der Waals surface area (Å²) in [5.41, 5.74) is 1.22. The molecule has 0 heterocycles. The summed E-state index contributed by atoms with van der Waals surface area (Å²) >= 11 is 0. The molecule has 0 bridgehead atoms. The van der Waals surface area contributed by atoms with Crippen LogP contribution in [0.5, 0.6) is 0 Å². The molecule has 104 valence electrons. The van der Waals surface area contributed by atoms with Crippen LogP contribution in [0.4, 0.5) is 0 Å². The Morgan fingerprint density at radius 2 is 1.95 bits per heavy atom. The van der Waals surface area contributed by atoms with Gasteiger partial charge in [0.2, 0.25) is 5.91 Å². The number of nitrogens with one attached hydrogen (secondary N) is 1. The van der Waals surface area contributed by atoms with Crippen molar-refractivity contribution in [3.05, 3.63) is 35.9 Å². The number of ether oxygens (including phenoxy) is 1. The van der Waals surface area contributed by atoms with Crippen molar-refractivity contribution in [3.63, 3.8) is 0 Å². The predicted octanol–water partition coefficient (Wildman–Crippen LogP) is 2.08. The van der Waals surface area contributed by atoms with E-state index in [1.165, 1.54) is 5.56 Å². The highest BCUT2D eigenvalue weighted by atomic mass is 16.5. The standard InChI is InChI=1S/C15H21NO3/c1-3-19-15(18)12(2)16-14(17)11-7-10-13-8-5-4-6-9-13/h4-6,8-9,12H,3,7,10-11H2,1-2H3,(H,16,17). The second-order valence-electron chi connectivity index (χ2n) is 4.38. The first kappa shape index (κ1) is 15.2. The lowest BCUT2D eigenvalue weighted by Gasteiger charge is -2.12. The van der Waals surface area contributed by atoms with Gasteiger partial charge in [0.15, 0.2) is 0 Å². The maximum absolute atomic E-state index is 11.6. The number of rotatable bonds is 7. The van der Waals surface area contributed by atoms with Crippen LogP contribution in [0.2, 0.25) is 0 Å². The highest BCUT2D eigenvalue weighted by molar-refractivity contribution is 5.84. The molecular weight excluding hydrogens is 242 g/mol. The van der Waals surface area contributed by atoms with E-state index in [-0.39, 0.29) is 11.9 Å². The molecular formula is C15H21NO3. The molecule has 1 aromatic rings. The van der Waals surface area contributed by atoms with Crippen LogP contribution in [0.15, 0.2) is 30.3 Å². The van der Waals surface area contributed by atoms with E-state index >= 15 is 0 Å². The van der Waals surface area contributed by atoms with E-state index in [0.29, 0.717) is 13.0 Å². The second kappa shape index (κ2) is 8.29. The molecule has 0 radical (unpaired) electrons. The molecule has 1 N–H and O–H groups in total. The zero-order valence-corrected chi connectivity index (χ0v) is 11.5. The fourth-order valence-electron chi connectivity index (χ4n) is 1.74. The minimum absolute atomic E-state index is 0.114. The van der Waals surface area contributed by atoms with Gasteiger partial charge in [-0.25, -0.2) is 4.79 Å². The lowest BCUT2D eigenvalue weighted by Crippen LogP contribution is -2.39. The van der Waals surface area contributed by atoms with Crippen LogP contribution >= 0.6 is 0 Å². The summed E-state index contributed by atoms with van der Waals surface area (Å²) in [5.74, 6) is -0.504. The minimum Gasteiger partial charge on any atom is -0.464 e. The molecule has 0 fully saturated rings. The molecule has 1 atom stereocenters. The molecule has 0 aliphatic rings. The van der Waals surface area contributed by atoms with Gasteiger partial charge in [-0.3, -0.25) is 4.79 Å². The van der Waals surface area contributed by atoms with Crippen LogP contribution in [0.3, 0.4) is 0 Å². The quantitative estimate of drug-likeness (QED) is 0.766. The van der Waals surface area contributed by atoms with Gasteiger partial charge in [0.1, 0.15) is 6.04 Å². The fourth-order valence-corrected chi connectivity index (χ4v) is 1.74. The molecule has 1 unspecified atom stereocenters. The van der Waals surface area contributed by atoms with Gasteiger partial charge in [0, 0.05) is 6.42 Å². The Bertz CT molecular complexity index is 403. The van der Waals surface area contributed by atoms with Gasteiger partial charge < -0.3 is 10.1 Å². The Morgan fingerprint density at radius 3 is 2.58 bits per heavy atom. The number of aryl methyl sites for hydroxylation is 1. The lowest BCUT2D eigenvalue weighted by atomic mass is 10.1. The van der Waals surface area contributed by atoms with Crippen molar-refractivity contribution in [1.29, 1.82) is 0 Å². The number of hydrogen-bond donors (Lipinski definition) is 1. The van der Waals surface area contributed by atoms with Gasteiger partial charge in [-0.05, 0) is 32.3 Å². The Morgan fingerprint density at radius 1 is 1.26 bits per heavy atom. The Kier molecular flexibility index (Phi) is 6.64. The van der Waals surface area contributed by atoms with Crippen molar-refractivity contribution in [2.45, 2.75) is 39.2 Å². The van der Waals surface area contributed by atoms with Gasteiger partial charge in [0.25, 0.3) is 0 Å². The van der Waals surface area contributed by atoms with Crippen molar-refractivity contribution in [1.82, 2.24) is 5.32 Å². The zero-order valence-electron chi connectivity index (χ0n) is 11.5. The van der Waals surface area contributed by atoms with E-state index in [1.807, 2.05) is 30.3 Å². The van der Waals surface area contributed by atoms with Crippen LogP contribution in [0.25, 0.3) is 0 Å². The van der Waals surface area contributed by atoms with Crippen LogP contribution in [0.1, 0.15) is 32.3 Å². The first-order valence-corrected chi connectivity index (χ1v) is 6.63. The minimum atomic E-state index is -0.579. The van der Waals surface area contributed by atoms with Crippen molar-refractivity contribution >= 4 is 11.9 Å². The van der Waals surface area contributed by atoms with Gasteiger partial charge in [0.05, 0.1) is 6.61 Å². The first-order valence-electron chi connectivity index (χ1n) is 6.63. The number of benzene rings is 1. The topological polar surface area (TPSA) is 55.4 Å². The third kappa shape index (κ3) is 6.04. The summed E-state index contributed by atoms with van der Waals surface area (Å²) in [6.07, 6.45) is 2.05. The van der Waals surface area contributed by atoms with Crippen molar-refractivity contribution in [2.24, 2.45) is 0 Å². The molecule has 0 saturated carbocycles. The molecule has 1 aromatic carbocycles. The number of carbonyl (C=O) groups is 2. The third-order valence-corrected chi connectivity index (χ3v) is 2.73. The molecule has 0 saturated heterocycles. The van der Waals surface area contributed by atoms with Crippen molar-refractivity contribution in [3.8, 4) is 0 Å². The number of carbonyl (C=O) groups excluding carboxylic acids is 2. The maximum atomic E-state index is 11.6. The largest absolute Gasteiger partial charge is 0.464 e. The first-order chi connectivity index (χ1) is 9.13. The molecule has 19 heavy (non-hydrogen) atoms. The van der Waals surface area contributed by atoms with Gasteiger partial charge >= 0.3 is 5.97 Å². The average molecular weight is 263 g/mol. The van der Waals surface area contributed by atoms with Gasteiger partial charge in [-0.1, -0.05) is 30.3 Å². The van der Waals surface area contributed by atoms with Crippen molar-refractivity contribution < 1.29 is 14.3 Å². The molecule has 4 nitrogen and oxygen atoms in total. The SMILES string of the molecule is CCOC(=O)C(C)NC(=O)CCCc1ccccc1. The summed E-state index contributed by atoms with van der Waals surface area (Å²) in [7, 11) is 0. The molecule has 1 rings (SSSR count). The summed E-state index contributed by atoms with van der Waals surface area (Å²) in [5, 5.41) is 2.64. The monoisotopic (exact) mass is 263 g/mol. The van der Waals surface area contributed by atoms with E-state index in [0.717, 1.165) is 12.8 Å². The second-order valence-corrected chi connectivity index (χ2v) is 4.38. The molecule has 0 spiro atoms. The normalized spacial score (nSPS) is 11.7. The Balaban J connectivity index is 2.23. The highest BCUT2D eigenvalue weighted by Gasteiger charge is 2.15. The molecule has 1 amide bonds. The van der Waals surface area contributed by atoms with E-state index in [1.54, 1.807) is 13.8 Å². The summed E-state index contributed by atoms with van der Waals surface area (Å²) in [6, 6.07) is 9.44. The fraction of sp³-hybridized carbons (Fsp3) is 0.467. The van der Waals surface area contributed by atoms with Crippen molar-refractivity contribution in [2.75, 3.05) is 6.61 Å². The number of esters is 1. The predicted molar refractivity (Wildman–Crippen MR) is 73.6 cm³/mol. The van der Waals surface area contributed by atoms with Crippen LogP contribution < -0.4 is 5.32 Å². The Labute approximate surface area is 114 Å². The van der Waals surface area contributed by atoms with E-state index < -0.39 is 6.04 Å². The molecule has 0 aliphatic carbocycles. The Hall–Kier alpha value is -1.84. The van der Waals surface area contributed by atoms with Gasteiger partial charge in [-0.2, -0.15) is 0 Å². The third-order valence-electron chi connectivity index (χ3n) is 2.73. The van der Waals surface area contributed by atoms with Crippen LogP contribution in [0, 0.1) is 0 Å². The number of hydrogen-bond acceptors (Lipinski definition) is 3. The number of amides is 1. The summed E-state index contributed by atoms with van der Waals surface area (Å²) in [4.78, 5) is 23.0. The summed E-state index contributed by atoms with van der Waals surface area (Å²) < 4.78 is 4.82. The summed E-state index contributed by atoms with van der Waals surface area (Å²) in [6.45, 7) is 3.70.